The normalized spacial score (nSPS) is 19.2. The molecule has 1 aliphatic heterocycles. The first-order chi connectivity index (χ1) is 11.5. The molecule has 7 heteroatoms. The lowest BCUT2D eigenvalue weighted by molar-refractivity contribution is -0.127. The number of carbonyl (C=O) groups is 1. The highest BCUT2D eigenvalue weighted by Crippen LogP contribution is 2.12. The summed E-state index contributed by atoms with van der Waals surface area (Å²) >= 11 is 0. The standard InChI is InChI=1S/C17H34N4O3/c1-5-14(2)20-17(19-11-16(22)21(3)4)18-8-6-9-23-12-15-7-10-24-13-15/h14-15H,5-13H2,1-4H3,(H2,18,19,20). The van der Waals surface area contributed by atoms with Crippen LogP contribution < -0.4 is 10.6 Å². The van der Waals surface area contributed by atoms with E-state index in [4.69, 9.17) is 9.47 Å². The Balaban J connectivity index is 2.24. The Kier molecular flexibility index (Phi) is 10.4. The summed E-state index contributed by atoms with van der Waals surface area (Å²) in [4.78, 5) is 17.6. The molecular weight excluding hydrogens is 308 g/mol. The SMILES string of the molecule is CCC(C)NC(=NCC(=O)N(C)C)NCCCOCC1CCOC1. The molecule has 1 aliphatic rings. The van der Waals surface area contributed by atoms with E-state index < -0.39 is 0 Å². The third-order valence-electron chi connectivity index (χ3n) is 4.00. The maximum Gasteiger partial charge on any atom is 0.243 e. The molecular formula is C17H34N4O3. The fraction of sp³-hybridized carbons (Fsp3) is 0.882. The molecule has 1 amide bonds. The number of hydrogen-bond acceptors (Lipinski definition) is 4. The van der Waals surface area contributed by atoms with Gasteiger partial charge in [-0.15, -0.1) is 0 Å². The van der Waals surface area contributed by atoms with Crippen LogP contribution >= 0.6 is 0 Å². The summed E-state index contributed by atoms with van der Waals surface area (Å²) in [5.74, 6) is 1.23. The van der Waals surface area contributed by atoms with Crippen molar-refractivity contribution >= 4 is 11.9 Å². The maximum absolute atomic E-state index is 11.7. The summed E-state index contributed by atoms with van der Waals surface area (Å²) in [6.45, 7) is 8.31. The average molecular weight is 342 g/mol. The minimum atomic E-state index is -0.0117. The smallest absolute Gasteiger partial charge is 0.243 e. The van der Waals surface area contributed by atoms with Crippen LogP contribution in [0.4, 0.5) is 0 Å². The van der Waals surface area contributed by atoms with Gasteiger partial charge in [-0.3, -0.25) is 4.79 Å². The molecule has 1 fully saturated rings. The van der Waals surface area contributed by atoms with Crippen molar-refractivity contribution < 1.29 is 14.3 Å². The summed E-state index contributed by atoms with van der Waals surface area (Å²) < 4.78 is 11.0. The number of aliphatic imine (C=N–C) groups is 1. The molecule has 2 N–H and O–H groups in total. The molecule has 0 aromatic rings. The van der Waals surface area contributed by atoms with Crippen molar-refractivity contribution in [3.8, 4) is 0 Å². The van der Waals surface area contributed by atoms with Gasteiger partial charge in [0.05, 0.1) is 13.2 Å². The van der Waals surface area contributed by atoms with E-state index in [2.05, 4.69) is 29.5 Å². The first-order valence-electron chi connectivity index (χ1n) is 8.93. The van der Waals surface area contributed by atoms with E-state index in [0.717, 1.165) is 52.2 Å². The molecule has 0 bridgehead atoms. The number of nitrogens with zero attached hydrogens (tertiary/aromatic N) is 2. The largest absolute Gasteiger partial charge is 0.381 e. The van der Waals surface area contributed by atoms with Gasteiger partial charge in [0, 0.05) is 45.8 Å². The Morgan fingerprint density at radius 3 is 2.88 bits per heavy atom. The fourth-order valence-corrected chi connectivity index (χ4v) is 2.12. The third kappa shape index (κ3) is 9.08. The maximum atomic E-state index is 11.7. The molecule has 1 heterocycles. The number of nitrogens with one attached hydrogen (secondary N) is 2. The number of likely N-dealkylation sites (N-methyl/N-ethyl adjacent to an activating group) is 1. The Morgan fingerprint density at radius 2 is 2.25 bits per heavy atom. The summed E-state index contributed by atoms with van der Waals surface area (Å²) in [6, 6.07) is 0.310. The van der Waals surface area contributed by atoms with Crippen molar-refractivity contribution in [2.75, 3.05) is 53.6 Å². The minimum Gasteiger partial charge on any atom is -0.381 e. The fourth-order valence-electron chi connectivity index (χ4n) is 2.12. The van der Waals surface area contributed by atoms with Gasteiger partial charge in [0.25, 0.3) is 0 Å². The molecule has 1 saturated heterocycles. The van der Waals surface area contributed by atoms with E-state index >= 15 is 0 Å². The van der Waals surface area contributed by atoms with Gasteiger partial charge in [-0.1, -0.05) is 6.92 Å². The molecule has 2 unspecified atom stereocenters. The van der Waals surface area contributed by atoms with Gasteiger partial charge in [0.1, 0.15) is 6.54 Å². The van der Waals surface area contributed by atoms with Crippen molar-refractivity contribution in [3.63, 3.8) is 0 Å². The number of guanidine groups is 1. The molecule has 7 nitrogen and oxygen atoms in total. The van der Waals surface area contributed by atoms with Crippen molar-refractivity contribution in [2.45, 2.75) is 39.2 Å². The van der Waals surface area contributed by atoms with E-state index in [1.165, 1.54) is 0 Å². The summed E-state index contributed by atoms with van der Waals surface area (Å²) in [7, 11) is 3.47. The number of ether oxygens (including phenoxy) is 2. The van der Waals surface area contributed by atoms with Crippen LogP contribution in [0.2, 0.25) is 0 Å². The zero-order valence-electron chi connectivity index (χ0n) is 15.6. The van der Waals surface area contributed by atoms with Crippen LogP contribution in [0.5, 0.6) is 0 Å². The highest BCUT2D eigenvalue weighted by atomic mass is 16.5. The second-order valence-corrected chi connectivity index (χ2v) is 6.49. The predicted molar refractivity (Wildman–Crippen MR) is 96.2 cm³/mol. The Labute approximate surface area is 146 Å². The molecule has 0 aromatic carbocycles. The molecule has 0 spiro atoms. The van der Waals surface area contributed by atoms with Crippen molar-refractivity contribution in [1.82, 2.24) is 15.5 Å². The lowest BCUT2D eigenvalue weighted by Crippen LogP contribution is -2.43. The predicted octanol–water partition coefficient (Wildman–Crippen LogP) is 0.852. The van der Waals surface area contributed by atoms with Crippen LogP contribution in [-0.4, -0.2) is 76.4 Å². The summed E-state index contributed by atoms with van der Waals surface area (Å²) in [5.41, 5.74) is 0. The van der Waals surface area contributed by atoms with Gasteiger partial charge in [-0.25, -0.2) is 4.99 Å². The Bertz CT molecular complexity index is 382. The first-order valence-corrected chi connectivity index (χ1v) is 8.93. The van der Waals surface area contributed by atoms with Gasteiger partial charge in [-0.05, 0) is 26.2 Å². The van der Waals surface area contributed by atoms with Crippen LogP contribution in [0.15, 0.2) is 4.99 Å². The first kappa shape index (κ1) is 20.7. The Hall–Kier alpha value is -1.34. The monoisotopic (exact) mass is 342 g/mol. The number of amides is 1. The average Bonchev–Trinajstić information content (AvgIpc) is 3.08. The summed E-state index contributed by atoms with van der Waals surface area (Å²) in [5, 5.41) is 6.58. The van der Waals surface area contributed by atoms with Crippen LogP contribution in [0, 0.1) is 5.92 Å². The quantitative estimate of drug-likeness (QED) is 0.350. The molecule has 24 heavy (non-hydrogen) atoms. The van der Waals surface area contributed by atoms with Gasteiger partial charge in [0.15, 0.2) is 5.96 Å². The molecule has 0 saturated carbocycles. The van der Waals surface area contributed by atoms with Crippen LogP contribution in [0.1, 0.15) is 33.1 Å². The summed E-state index contributed by atoms with van der Waals surface area (Å²) in [6.07, 6.45) is 3.00. The zero-order valence-corrected chi connectivity index (χ0v) is 15.6. The van der Waals surface area contributed by atoms with Crippen LogP contribution in [-0.2, 0) is 14.3 Å². The van der Waals surface area contributed by atoms with Gasteiger partial charge in [0.2, 0.25) is 5.91 Å². The van der Waals surface area contributed by atoms with Crippen molar-refractivity contribution in [2.24, 2.45) is 10.9 Å². The second-order valence-electron chi connectivity index (χ2n) is 6.49. The Morgan fingerprint density at radius 1 is 1.46 bits per heavy atom. The van der Waals surface area contributed by atoms with Crippen LogP contribution in [0.25, 0.3) is 0 Å². The lowest BCUT2D eigenvalue weighted by atomic mass is 10.1. The van der Waals surface area contributed by atoms with Crippen molar-refractivity contribution in [1.29, 1.82) is 0 Å². The number of carbonyl (C=O) groups excluding carboxylic acids is 1. The van der Waals surface area contributed by atoms with E-state index in [1.54, 1.807) is 19.0 Å². The molecule has 0 aliphatic carbocycles. The van der Waals surface area contributed by atoms with E-state index in [1.807, 2.05) is 0 Å². The number of hydrogen-bond donors (Lipinski definition) is 2. The van der Waals surface area contributed by atoms with Gasteiger partial charge >= 0.3 is 0 Å². The van der Waals surface area contributed by atoms with E-state index in [9.17, 15) is 4.79 Å². The van der Waals surface area contributed by atoms with Gasteiger partial charge in [-0.2, -0.15) is 0 Å². The van der Waals surface area contributed by atoms with Crippen molar-refractivity contribution in [3.05, 3.63) is 0 Å². The molecule has 0 aromatic heterocycles. The highest BCUT2D eigenvalue weighted by molar-refractivity contribution is 5.84. The van der Waals surface area contributed by atoms with E-state index in [-0.39, 0.29) is 12.5 Å². The highest BCUT2D eigenvalue weighted by Gasteiger charge is 2.15. The zero-order chi connectivity index (χ0) is 17.8. The second kappa shape index (κ2) is 12.1. The molecule has 0 radical (unpaired) electrons. The number of rotatable bonds is 10. The van der Waals surface area contributed by atoms with Gasteiger partial charge < -0.3 is 25.0 Å². The topological polar surface area (TPSA) is 75.2 Å². The van der Waals surface area contributed by atoms with Crippen LogP contribution in [0.3, 0.4) is 0 Å². The van der Waals surface area contributed by atoms with E-state index in [0.29, 0.717) is 17.9 Å². The third-order valence-corrected chi connectivity index (χ3v) is 4.00. The molecule has 140 valence electrons. The minimum absolute atomic E-state index is 0.0117. The molecule has 1 rings (SSSR count). The molecule has 2 atom stereocenters. The lowest BCUT2D eigenvalue weighted by Gasteiger charge is -2.17.